The molecule has 1 N–H and O–H groups in total. The molecule has 0 fully saturated rings. The van der Waals surface area contributed by atoms with Crippen LogP contribution < -0.4 is 15.6 Å². The van der Waals surface area contributed by atoms with Crippen molar-refractivity contribution in [1.29, 1.82) is 0 Å². The van der Waals surface area contributed by atoms with Crippen LogP contribution in [0.4, 0.5) is 5.69 Å². The molecule has 0 spiro atoms. The quantitative estimate of drug-likeness (QED) is 0.687. The normalized spacial score (nSPS) is 10.0. The minimum atomic E-state index is -0.429. The fourth-order valence-electron chi connectivity index (χ4n) is 2.38. The summed E-state index contributed by atoms with van der Waals surface area (Å²) in [6, 6.07) is 18.9. The van der Waals surface area contributed by atoms with E-state index < -0.39 is 5.91 Å². The van der Waals surface area contributed by atoms with Gasteiger partial charge in [-0.25, -0.2) is 4.68 Å². The third-order valence-corrected chi connectivity index (χ3v) is 3.70. The first-order valence-electron chi connectivity index (χ1n) is 8.30. The molecule has 0 atom stereocenters. The second-order valence-electron chi connectivity index (χ2n) is 5.62. The molecule has 1 heterocycles. The lowest BCUT2D eigenvalue weighted by Gasteiger charge is -2.09. The number of rotatable bonds is 6. The van der Waals surface area contributed by atoms with E-state index in [2.05, 4.69) is 16.3 Å². The molecule has 0 saturated heterocycles. The standard InChI is InChI=1S/C21H17N3O3/c1-2-16-7-6-8-17(15-16)22-21(26)19-11-12-20(25)24(23-19)13-14-27-18-9-4-3-5-10-18/h1,3-12,15H,13-14H2,(H,22,26). The maximum Gasteiger partial charge on any atom is 0.276 e. The molecule has 27 heavy (non-hydrogen) atoms. The Labute approximate surface area is 156 Å². The number of carbonyl (C=O) groups is 1. The molecule has 3 aromatic rings. The van der Waals surface area contributed by atoms with Gasteiger partial charge in [0.1, 0.15) is 18.1 Å². The maximum absolute atomic E-state index is 12.4. The summed E-state index contributed by atoms with van der Waals surface area (Å²) in [5.41, 5.74) is 1.03. The molecule has 0 aliphatic rings. The van der Waals surface area contributed by atoms with Gasteiger partial charge in [0.15, 0.2) is 0 Å². The van der Waals surface area contributed by atoms with E-state index in [1.54, 1.807) is 24.3 Å². The molecule has 2 aromatic carbocycles. The minimum Gasteiger partial charge on any atom is -0.492 e. The van der Waals surface area contributed by atoms with Crippen LogP contribution in [-0.4, -0.2) is 22.3 Å². The van der Waals surface area contributed by atoms with E-state index >= 15 is 0 Å². The highest BCUT2D eigenvalue weighted by Gasteiger charge is 2.10. The van der Waals surface area contributed by atoms with Crippen molar-refractivity contribution in [3.63, 3.8) is 0 Å². The minimum absolute atomic E-state index is 0.125. The van der Waals surface area contributed by atoms with E-state index in [4.69, 9.17) is 11.2 Å². The summed E-state index contributed by atoms with van der Waals surface area (Å²) in [6.07, 6.45) is 5.36. The number of amides is 1. The zero-order valence-corrected chi connectivity index (χ0v) is 14.5. The van der Waals surface area contributed by atoms with E-state index in [0.717, 1.165) is 0 Å². The zero-order valence-electron chi connectivity index (χ0n) is 14.5. The third-order valence-electron chi connectivity index (χ3n) is 3.70. The van der Waals surface area contributed by atoms with Crippen molar-refractivity contribution in [2.45, 2.75) is 6.54 Å². The number of aromatic nitrogens is 2. The van der Waals surface area contributed by atoms with Gasteiger partial charge in [-0.15, -0.1) is 6.42 Å². The monoisotopic (exact) mass is 359 g/mol. The summed E-state index contributed by atoms with van der Waals surface area (Å²) >= 11 is 0. The molecular weight excluding hydrogens is 342 g/mol. The molecule has 1 amide bonds. The second kappa shape index (κ2) is 8.50. The van der Waals surface area contributed by atoms with Crippen molar-refractivity contribution in [2.75, 3.05) is 11.9 Å². The lowest BCUT2D eigenvalue weighted by atomic mass is 10.2. The van der Waals surface area contributed by atoms with Crippen LogP contribution in [0.15, 0.2) is 71.5 Å². The molecule has 0 saturated carbocycles. The number of terminal acetylenes is 1. The fourth-order valence-corrected chi connectivity index (χ4v) is 2.38. The number of hydrogen-bond donors (Lipinski definition) is 1. The van der Waals surface area contributed by atoms with Crippen molar-refractivity contribution < 1.29 is 9.53 Å². The van der Waals surface area contributed by atoms with Crippen LogP contribution in [0.1, 0.15) is 16.1 Å². The molecule has 0 bridgehead atoms. The Hall–Kier alpha value is -3.85. The molecule has 6 nitrogen and oxygen atoms in total. The molecule has 3 rings (SSSR count). The summed E-state index contributed by atoms with van der Waals surface area (Å²) in [5, 5.41) is 6.83. The topological polar surface area (TPSA) is 73.2 Å². The van der Waals surface area contributed by atoms with E-state index in [0.29, 0.717) is 17.0 Å². The van der Waals surface area contributed by atoms with E-state index in [-0.39, 0.29) is 24.4 Å². The Kier molecular flexibility index (Phi) is 5.65. The van der Waals surface area contributed by atoms with Gasteiger partial charge in [-0.05, 0) is 36.4 Å². The number of nitrogens with zero attached hydrogens (tertiary/aromatic N) is 2. The first-order valence-corrected chi connectivity index (χ1v) is 8.30. The Morgan fingerprint density at radius 1 is 1.11 bits per heavy atom. The van der Waals surface area contributed by atoms with Crippen molar-refractivity contribution in [3.05, 3.63) is 88.3 Å². The van der Waals surface area contributed by atoms with Crippen molar-refractivity contribution in [2.24, 2.45) is 0 Å². The first-order chi connectivity index (χ1) is 13.2. The lowest BCUT2D eigenvalue weighted by molar-refractivity contribution is 0.101. The number of para-hydroxylation sites is 1. The van der Waals surface area contributed by atoms with Crippen molar-refractivity contribution in [1.82, 2.24) is 9.78 Å². The van der Waals surface area contributed by atoms with Gasteiger partial charge in [0.2, 0.25) is 0 Å². The Balaban J connectivity index is 1.67. The van der Waals surface area contributed by atoms with Crippen LogP contribution in [0.5, 0.6) is 5.75 Å². The van der Waals surface area contributed by atoms with Crippen LogP contribution in [0, 0.1) is 12.3 Å². The summed E-state index contributed by atoms with van der Waals surface area (Å²) in [6.45, 7) is 0.480. The van der Waals surface area contributed by atoms with Crippen LogP contribution >= 0.6 is 0 Å². The molecule has 6 heteroatoms. The number of carbonyl (C=O) groups excluding carboxylic acids is 1. The van der Waals surface area contributed by atoms with Crippen LogP contribution in [0.25, 0.3) is 0 Å². The highest BCUT2D eigenvalue weighted by Crippen LogP contribution is 2.11. The molecule has 0 aliphatic heterocycles. The van der Waals surface area contributed by atoms with Gasteiger partial charge in [-0.3, -0.25) is 9.59 Å². The third kappa shape index (κ3) is 4.83. The predicted molar refractivity (Wildman–Crippen MR) is 103 cm³/mol. The summed E-state index contributed by atoms with van der Waals surface area (Å²) in [5.74, 6) is 2.78. The molecule has 0 radical (unpaired) electrons. The average Bonchev–Trinajstić information content (AvgIpc) is 2.70. The van der Waals surface area contributed by atoms with Crippen LogP contribution in [-0.2, 0) is 6.54 Å². The smallest absolute Gasteiger partial charge is 0.276 e. The van der Waals surface area contributed by atoms with E-state index in [1.807, 2.05) is 30.3 Å². The Bertz CT molecular complexity index is 1040. The molecular formula is C21H17N3O3. The number of ether oxygens (including phenoxy) is 1. The van der Waals surface area contributed by atoms with Crippen LogP contribution in [0.2, 0.25) is 0 Å². The fraction of sp³-hybridized carbons (Fsp3) is 0.0952. The molecule has 1 aromatic heterocycles. The average molecular weight is 359 g/mol. The van der Waals surface area contributed by atoms with Gasteiger partial charge in [0, 0.05) is 17.3 Å². The second-order valence-corrected chi connectivity index (χ2v) is 5.62. The SMILES string of the molecule is C#Cc1cccc(NC(=O)c2ccc(=O)n(CCOc3ccccc3)n2)c1. The summed E-state index contributed by atoms with van der Waals surface area (Å²) in [4.78, 5) is 24.4. The highest BCUT2D eigenvalue weighted by molar-refractivity contribution is 6.02. The lowest BCUT2D eigenvalue weighted by Crippen LogP contribution is -2.28. The molecule has 0 unspecified atom stereocenters. The maximum atomic E-state index is 12.4. The van der Waals surface area contributed by atoms with Gasteiger partial charge in [0.05, 0.1) is 6.54 Å². The van der Waals surface area contributed by atoms with Gasteiger partial charge in [-0.1, -0.05) is 30.2 Å². The van der Waals surface area contributed by atoms with Crippen LogP contribution in [0.3, 0.4) is 0 Å². The predicted octanol–water partition coefficient (Wildman–Crippen LogP) is 2.56. The Morgan fingerprint density at radius 2 is 1.93 bits per heavy atom. The first kappa shape index (κ1) is 18.0. The number of benzene rings is 2. The molecule has 0 aliphatic carbocycles. The van der Waals surface area contributed by atoms with Gasteiger partial charge >= 0.3 is 0 Å². The molecule has 134 valence electrons. The Morgan fingerprint density at radius 3 is 2.70 bits per heavy atom. The van der Waals surface area contributed by atoms with Gasteiger partial charge in [0.25, 0.3) is 11.5 Å². The van der Waals surface area contributed by atoms with Gasteiger partial charge < -0.3 is 10.1 Å². The summed E-state index contributed by atoms with van der Waals surface area (Å²) < 4.78 is 6.77. The number of nitrogens with one attached hydrogen (secondary N) is 1. The largest absolute Gasteiger partial charge is 0.492 e. The number of hydrogen-bond acceptors (Lipinski definition) is 4. The van der Waals surface area contributed by atoms with Crippen molar-refractivity contribution >= 4 is 11.6 Å². The van der Waals surface area contributed by atoms with E-state index in [1.165, 1.54) is 16.8 Å². The number of anilines is 1. The zero-order chi connectivity index (χ0) is 19.1. The highest BCUT2D eigenvalue weighted by atomic mass is 16.5. The van der Waals surface area contributed by atoms with Crippen molar-refractivity contribution in [3.8, 4) is 18.1 Å². The van der Waals surface area contributed by atoms with Gasteiger partial charge in [-0.2, -0.15) is 5.10 Å². The summed E-state index contributed by atoms with van der Waals surface area (Å²) in [7, 11) is 0. The van der Waals surface area contributed by atoms with E-state index in [9.17, 15) is 9.59 Å².